The normalized spacial score (nSPS) is 12.3. The molecule has 0 heterocycles. The molecule has 0 aromatic heterocycles. The zero-order valence-corrected chi connectivity index (χ0v) is 17.9. The maximum Gasteiger partial charge on any atom is 0.243 e. The molecule has 0 radical (unpaired) electrons. The van der Waals surface area contributed by atoms with Crippen LogP contribution in [-0.2, 0) is 14.8 Å². The lowest BCUT2D eigenvalue weighted by atomic mass is 10.1. The third-order valence-corrected chi connectivity index (χ3v) is 6.23. The number of carbonyl (C=O) groups excluding carboxylic acids is 1. The molecule has 0 aliphatic heterocycles. The Kier molecular flexibility index (Phi) is 7.46. The first-order valence-corrected chi connectivity index (χ1v) is 10.3. The van der Waals surface area contributed by atoms with E-state index in [1.54, 1.807) is 44.4 Å². The number of ether oxygens (including phenoxy) is 3. The molecule has 8 nitrogen and oxygen atoms in total. The van der Waals surface area contributed by atoms with Gasteiger partial charge in [0.25, 0.3) is 0 Å². The third kappa shape index (κ3) is 5.39. The van der Waals surface area contributed by atoms with Crippen LogP contribution in [0.2, 0.25) is 0 Å². The highest BCUT2D eigenvalue weighted by molar-refractivity contribution is 7.89. The molecule has 0 spiro atoms. The highest BCUT2D eigenvalue weighted by atomic mass is 32.2. The van der Waals surface area contributed by atoms with Crippen molar-refractivity contribution >= 4 is 15.9 Å². The number of benzene rings is 2. The molecule has 0 fully saturated rings. The van der Waals surface area contributed by atoms with Crippen LogP contribution >= 0.6 is 0 Å². The summed E-state index contributed by atoms with van der Waals surface area (Å²) in [4.78, 5) is 12.5. The highest BCUT2D eigenvalue weighted by Crippen LogP contribution is 2.29. The van der Waals surface area contributed by atoms with Crippen LogP contribution in [0.4, 0.5) is 0 Å². The van der Waals surface area contributed by atoms with Crippen LogP contribution in [0.1, 0.15) is 18.5 Å². The summed E-state index contributed by atoms with van der Waals surface area (Å²) in [5.41, 5.74) is 0.723. The summed E-state index contributed by atoms with van der Waals surface area (Å²) in [6.07, 6.45) is 0. The minimum atomic E-state index is -3.81. The van der Waals surface area contributed by atoms with Gasteiger partial charge in [-0.15, -0.1) is 0 Å². The average molecular weight is 423 g/mol. The number of rotatable bonds is 9. The first kappa shape index (κ1) is 22.5. The van der Waals surface area contributed by atoms with Gasteiger partial charge in [-0.2, -0.15) is 4.31 Å². The lowest BCUT2D eigenvalue weighted by Crippen LogP contribution is -2.39. The first-order chi connectivity index (χ1) is 13.7. The van der Waals surface area contributed by atoms with Crippen molar-refractivity contribution in [3.05, 3.63) is 48.0 Å². The lowest BCUT2D eigenvalue weighted by Gasteiger charge is -2.21. The van der Waals surface area contributed by atoms with Crippen molar-refractivity contribution < 1.29 is 27.4 Å². The summed E-state index contributed by atoms with van der Waals surface area (Å²) in [7, 11) is 2.13. The van der Waals surface area contributed by atoms with E-state index < -0.39 is 22.0 Å². The van der Waals surface area contributed by atoms with Gasteiger partial charge in [-0.25, -0.2) is 8.42 Å². The first-order valence-electron chi connectivity index (χ1n) is 8.84. The van der Waals surface area contributed by atoms with E-state index in [1.807, 2.05) is 0 Å². The molecule has 1 atom stereocenters. The fraction of sp³-hybridized carbons (Fsp3) is 0.350. The summed E-state index contributed by atoms with van der Waals surface area (Å²) >= 11 is 0. The van der Waals surface area contributed by atoms with Crippen LogP contribution in [0.25, 0.3) is 0 Å². The zero-order chi connectivity index (χ0) is 21.6. The van der Waals surface area contributed by atoms with E-state index in [4.69, 9.17) is 14.2 Å². The van der Waals surface area contributed by atoms with Crippen LogP contribution in [0, 0.1) is 0 Å². The van der Waals surface area contributed by atoms with Gasteiger partial charge in [-0.1, -0.05) is 0 Å². The molecule has 158 valence electrons. The number of sulfonamides is 1. The molecule has 2 aromatic carbocycles. The SMILES string of the molecule is COc1ccc(S(=O)(=O)N(C)CC(=O)N[C@@H](C)c2cc(OC)ccc2OC)cc1. The van der Waals surface area contributed by atoms with Crippen LogP contribution in [-0.4, -0.2) is 53.6 Å². The number of amides is 1. The monoisotopic (exact) mass is 422 g/mol. The minimum absolute atomic E-state index is 0.0797. The van der Waals surface area contributed by atoms with Gasteiger partial charge < -0.3 is 19.5 Å². The topological polar surface area (TPSA) is 94.2 Å². The molecule has 0 saturated heterocycles. The van der Waals surface area contributed by atoms with Crippen molar-refractivity contribution in [2.75, 3.05) is 34.9 Å². The van der Waals surface area contributed by atoms with Crippen molar-refractivity contribution in [2.45, 2.75) is 17.9 Å². The van der Waals surface area contributed by atoms with E-state index in [1.165, 1.54) is 33.4 Å². The van der Waals surface area contributed by atoms with Gasteiger partial charge in [0, 0.05) is 12.6 Å². The Hall–Kier alpha value is -2.78. The maximum atomic E-state index is 12.7. The summed E-state index contributed by atoms with van der Waals surface area (Å²) < 4.78 is 41.9. The smallest absolute Gasteiger partial charge is 0.243 e. The molecular weight excluding hydrogens is 396 g/mol. The Balaban J connectivity index is 2.09. The minimum Gasteiger partial charge on any atom is -0.497 e. The van der Waals surface area contributed by atoms with Crippen molar-refractivity contribution in [2.24, 2.45) is 0 Å². The predicted octanol–water partition coefficient (Wildman–Crippen LogP) is 2.21. The van der Waals surface area contributed by atoms with Gasteiger partial charge in [-0.3, -0.25) is 4.79 Å². The second-order valence-electron chi connectivity index (χ2n) is 6.33. The van der Waals surface area contributed by atoms with Crippen LogP contribution in [0.3, 0.4) is 0 Å². The number of nitrogens with zero attached hydrogens (tertiary/aromatic N) is 1. The van der Waals surface area contributed by atoms with E-state index in [2.05, 4.69) is 5.32 Å². The van der Waals surface area contributed by atoms with Gasteiger partial charge in [0.1, 0.15) is 17.2 Å². The second kappa shape index (κ2) is 9.62. The average Bonchev–Trinajstić information content (AvgIpc) is 2.72. The molecule has 0 aliphatic carbocycles. The van der Waals surface area contributed by atoms with E-state index in [-0.39, 0.29) is 11.4 Å². The Morgan fingerprint density at radius 3 is 2.14 bits per heavy atom. The standard InChI is InChI=1S/C20H26N2O6S/c1-14(18-12-16(27-4)8-11-19(18)28-5)21-20(23)13-22(2)29(24,25)17-9-6-15(26-3)7-10-17/h6-12,14H,13H2,1-5H3,(H,21,23)/t14-/m0/s1. The number of hydrogen-bond acceptors (Lipinski definition) is 6. The summed E-state index contributed by atoms with van der Waals surface area (Å²) in [5, 5.41) is 2.79. The lowest BCUT2D eigenvalue weighted by molar-refractivity contribution is -0.121. The van der Waals surface area contributed by atoms with Crippen molar-refractivity contribution in [1.82, 2.24) is 9.62 Å². The molecule has 0 aliphatic rings. The Labute approximate surface area is 171 Å². The van der Waals surface area contributed by atoms with E-state index in [9.17, 15) is 13.2 Å². The highest BCUT2D eigenvalue weighted by Gasteiger charge is 2.24. The summed E-state index contributed by atoms with van der Waals surface area (Å²) in [5.74, 6) is 1.33. The van der Waals surface area contributed by atoms with E-state index >= 15 is 0 Å². The molecular formula is C20H26N2O6S. The molecule has 2 rings (SSSR count). The Bertz CT molecular complexity index is 944. The van der Waals surface area contributed by atoms with E-state index in [0.717, 1.165) is 9.87 Å². The summed E-state index contributed by atoms with van der Waals surface area (Å²) in [6.45, 7) is 1.46. The van der Waals surface area contributed by atoms with Gasteiger partial charge in [0.15, 0.2) is 0 Å². The van der Waals surface area contributed by atoms with Crippen LogP contribution in [0.5, 0.6) is 17.2 Å². The molecule has 0 saturated carbocycles. The fourth-order valence-corrected chi connectivity index (χ4v) is 3.88. The quantitative estimate of drug-likeness (QED) is 0.666. The Morgan fingerprint density at radius 1 is 1.00 bits per heavy atom. The van der Waals surface area contributed by atoms with Gasteiger partial charge in [-0.05, 0) is 49.4 Å². The number of likely N-dealkylation sites (N-methyl/N-ethyl adjacent to an activating group) is 1. The molecule has 9 heteroatoms. The second-order valence-corrected chi connectivity index (χ2v) is 8.38. The van der Waals surface area contributed by atoms with Gasteiger partial charge >= 0.3 is 0 Å². The fourth-order valence-electron chi connectivity index (χ4n) is 2.76. The zero-order valence-electron chi connectivity index (χ0n) is 17.1. The van der Waals surface area contributed by atoms with Crippen LogP contribution < -0.4 is 19.5 Å². The number of carbonyl (C=O) groups is 1. The third-order valence-electron chi connectivity index (χ3n) is 4.41. The van der Waals surface area contributed by atoms with Gasteiger partial charge in [0.2, 0.25) is 15.9 Å². The molecule has 0 unspecified atom stereocenters. The summed E-state index contributed by atoms with van der Waals surface area (Å²) in [6, 6.07) is 10.8. The number of methoxy groups -OCH3 is 3. The van der Waals surface area contributed by atoms with E-state index in [0.29, 0.717) is 17.2 Å². The predicted molar refractivity (Wildman–Crippen MR) is 109 cm³/mol. The van der Waals surface area contributed by atoms with Crippen molar-refractivity contribution in [3.8, 4) is 17.2 Å². The molecule has 2 aromatic rings. The maximum absolute atomic E-state index is 12.7. The van der Waals surface area contributed by atoms with Crippen LogP contribution in [0.15, 0.2) is 47.4 Å². The molecule has 0 bridgehead atoms. The molecule has 1 amide bonds. The number of nitrogens with one attached hydrogen (secondary N) is 1. The number of hydrogen-bond donors (Lipinski definition) is 1. The molecule has 1 N–H and O–H groups in total. The molecule has 29 heavy (non-hydrogen) atoms. The van der Waals surface area contributed by atoms with Crippen molar-refractivity contribution in [3.63, 3.8) is 0 Å². The van der Waals surface area contributed by atoms with Gasteiger partial charge in [0.05, 0.1) is 38.8 Å². The van der Waals surface area contributed by atoms with Crippen molar-refractivity contribution in [1.29, 1.82) is 0 Å². The Morgan fingerprint density at radius 2 is 1.59 bits per heavy atom. The largest absolute Gasteiger partial charge is 0.497 e.